The molecule has 0 saturated carbocycles. The van der Waals surface area contributed by atoms with Gasteiger partial charge in [0, 0.05) is 29.3 Å². The molecule has 1 aromatic carbocycles. The predicted molar refractivity (Wildman–Crippen MR) is 68.6 cm³/mol. The van der Waals surface area contributed by atoms with E-state index in [1.165, 1.54) is 5.69 Å². The minimum atomic E-state index is 0.372. The van der Waals surface area contributed by atoms with Gasteiger partial charge < -0.3 is 10.6 Å². The summed E-state index contributed by atoms with van der Waals surface area (Å²) in [7, 11) is 0. The number of nitrogens with two attached hydrogens (primary N) is 1. The second-order valence-electron chi connectivity index (χ2n) is 3.92. The Kier molecular flexibility index (Phi) is 3.54. The van der Waals surface area contributed by atoms with Crippen LogP contribution in [0.1, 0.15) is 12.8 Å². The normalized spacial score (nSPS) is 18.2. The molecule has 0 aliphatic carbocycles. The smallest absolute Gasteiger partial charge is 0.0549 e. The fraction of sp³-hybridized carbons (Fsp3) is 0.455. The van der Waals surface area contributed by atoms with Gasteiger partial charge in [-0.25, -0.2) is 0 Å². The third-order valence-corrected chi connectivity index (χ3v) is 4.02. The third-order valence-electron chi connectivity index (χ3n) is 2.81. The number of hydrogen-bond acceptors (Lipinski definition) is 2. The zero-order valence-corrected chi connectivity index (χ0v) is 10.8. The summed E-state index contributed by atoms with van der Waals surface area (Å²) in [5, 5.41) is 0.757. The van der Waals surface area contributed by atoms with E-state index in [9.17, 15) is 0 Å². The molecule has 0 amide bonds. The molecule has 15 heavy (non-hydrogen) atoms. The van der Waals surface area contributed by atoms with Crippen LogP contribution in [0.2, 0.25) is 5.02 Å². The largest absolute Gasteiger partial charge is 0.371 e. The van der Waals surface area contributed by atoms with Crippen molar-refractivity contribution in [2.45, 2.75) is 18.9 Å². The van der Waals surface area contributed by atoms with E-state index >= 15 is 0 Å². The first-order chi connectivity index (χ1) is 7.16. The number of hydrogen-bond donors (Lipinski definition) is 1. The molecule has 1 aromatic rings. The van der Waals surface area contributed by atoms with Crippen molar-refractivity contribution in [1.29, 1.82) is 0 Å². The van der Waals surface area contributed by atoms with Crippen molar-refractivity contribution in [1.82, 2.24) is 0 Å². The van der Waals surface area contributed by atoms with E-state index in [1.807, 2.05) is 6.07 Å². The fourth-order valence-corrected chi connectivity index (χ4v) is 2.32. The van der Waals surface area contributed by atoms with Gasteiger partial charge in [0.2, 0.25) is 0 Å². The van der Waals surface area contributed by atoms with E-state index in [1.54, 1.807) is 0 Å². The molecule has 0 aromatic heterocycles. The monoisotopic (exact) mass is 288 g/mol. The van der Waals surface area contributed by atoms with Gasteiger partial charge in [-0.05, 0) is 47.0 Å². The van der Waals surface area contributed by atoms with Crippen LogP contribution in [-0.4, -0.2) is 19.1 Å². The van der Waals surface area contributed by atoms with Gasteiger partial charge in [-0.15, -0.1) is 0 Å². The summed E-state index contributed by atoms with van der Waals surface area (Å²) < 4.78 is 0.955. The van der Waals surface area contributed by atoms with Gasteiger partial charge >= 0.3 is 0 Å². The molecule has 0 bridgehead atoms. The maximum absolute atomic E-state index is 5.96. The zero-order chi connectivity index (χ0) is 10.8. The van der Waals surface area contributed by atoms with E-state index in [-0.39, 0.29) is 0 Å². The SMILES string of the molecule is NC1CCN(c2ccc(Cl)c(Br)c2)CC1. The molecule has 0 unspecified atom stereocenters. The Morgan fingerprint density at radius 2 is 2.00 bits per heavy atom. The Balaban J connectivity index is 2.12. The van der Waals surface area contributed by atoms with Gasteiger partial charge in [-0.3, -0.25) is 0 Å². The van der Waals surface area contributed by atoms with Crippen LogP contribution in [-0.2, 0) is 0 Å². The second-order valence-corrected chi connectivity index (χ2v) is 5.18. The lowest BCUT2D eigenvalue weighted by Gasteiger charge is -2.32. The molecule has 2 nitrogen and oxygen atoms in total. The lowest BCUT2D eigenvalue weighted by atomic mass is 10.1. The van der Waals surface area contributed by atoms with Crippen LogP contribution in [0.4, 0.5) is 5.69 Å². The van der Waals surface area contributed by atoms with Gasteiger partial charge in [0.05, 0.1) is 5.02 Å². The number of rotatable bonds is 1. The Labute approximate surface area is 104 Å². The summed E-state index contributed by atoms with van der Waals surface area (Å²) in [6, 6.07) is 6.43. The van der Waals surface area contributed by atoms with E-state index in [2.05, 4.69) is 33.0 Å². The molecule has 1 aliphatic heterocycles. The molecule has 0 spiro atoms. The van der Waals surface area contributed by atoms with Gasteiger partial charge in [0.15, 0.2) is 0 Å². The molecular weight excluding hydrogens is 275 g/mol. The van der Waals surface area contributed by atoms with E-state index in [4.69, 9.17) is 17.3 Å². The highest BCUT2D eigenvalue weighted by molar-refractivity contribution is 9.10. The molecular formula is C11H14BrClN2. The maximum Gasteiger partial charge on any atom is 0.0549 e. The average molecular weight is 290 g/mol. The lowest BCUT2D eigenvalue weighted by Crippen LogP contribution is -2.39. The highest BCUT2D eigenvalue weighted by Crippen LogP contribution is 2.28. The number of piperidine rings is 1. The van der Waals surface area contributed by atoms with Crippen molar-refractivity contribution in [2.24, 2.45) is 5.73 Å². The minimum absolute atomic E-state index is 0.372. The highest BCUT2D eigenvalue weighted by atomic mass is 79.9. The summed E-state index contributed by atoms with van der Waals surface area (Å²) in [6.45, 7) is 2.07. The number of anilines is 1. The third kappa shape index (κ3) is 2.65. The first-order valence-electron chi connectivity index (χ1n) is 5.12. The molecule has 1 aliphatic rings. The highest BCUT2D eigenvalue weighted by Gasteiger charge is 2.16. The summed E-state index contributed by atoms with van der Waals surface area (Å²) in [5.41, 5.74) is 7.09. The van der Waals surface area contributed by atoms with E-state index in [0.717, 1.165) is 35.4 Å². The van der Waals surface area contributed by atoms with Crippen molar-refractivity contribution in [2.75, 3.05) is 18.0 Å². The number of nitrogens with zero attached hydrogens (tertiary/aromatic N) is 1. The summed E-state index contributed by atoms with van der Waals surface area (Å²) in [4.78, 5) is 2.35. The van der Waals surface area contributed by atoms with Crippen LogP contribution in [0.5, 0.6) is 0 Å². The van der Waals surface area contributed by atoms with Crippen molar-refractivity contribution < 1.29 is 0 Å². The van der Waals surface area contributed by atoms with Crippen LogP contribution >= 0.6 is 27.5 Å². The average Bonchev–Trinajstić information content (AvgIpc) is 2.23. The van der Waals surface area contributed by atoms with Gasteiger partial charge in [-0.2, -0.15) is 0 Å². The molecule has 1 saturated heterocycles. The summed E-state index contributed by atoms with van der Waals surface area (Å²) >= 11 is 9.40. The topological polar surface area (TPSA) is 29.3 Å². The zero-order valence-electron chi connectivity index (χ0n) is 8.42. The molecule has 2 rings (SSSR count). The minimum Gasteiger partial charge on any atom is -0.371 e. The van der Waals surface area contributed by atoms with Crippen LogP contribution in [0, 0.1) is 0 Å². The van der Waals surface area contributed by atoms with Gasteiger partial charge in [-0.1, -0.05) is 11.6 Å². The van der Waals surface area contributed by atoms with Crippen LogP contribution in [0.25, 0.3) is 0 Å². The Morgan fingerprint density at radius 3 is 2.60 bits per heavy atom. The maximum atomic E-state index is 5.96. The molecule has 2 N–H and O–H groups in total. The Hall–Kier alpha value is -0.250. The summed E-state index contributed by atoms with van der Waals surface area (Å²) in [6.07, 6.45) is 2.14. The molecule has 1 heterocycles. The van der Waals surface area contributed by atoms with Crippen LogP contribution < -0.4 is 10.6 Å². The van der Waals surface area contributed by atoms with E-state index in [0.29, 0.717) is 6.04 Å². The van der Waals surface area contributed by atoms with Crippen LogP contribution in [0.3, 0.4) is 0 Å². The lowest BCUT2D eigenvalue weighted by molar-refractivity contribution is 0.501. The molecule has 82 valence electrons. The predicted octanol–water partition coefficient (Wildman–Crippen LogP) is 3.03. The number of halogens is 2. The molecule has 0 radical (unpaired) electrons. The first-order valence-corrected chi connectivity index (χ1v) is 6.29. The Bertz CT molecular complexity index is 348. The fourth-order valence-electron chi connectivity index (χ4n) is 1.84. The van der Waals surface area contributed by atoms with Crippen molar-refractivity contribution >= 4 is 33.2 Å². The quantitative estimate of drug-likeness (QED) is 0.861. The van der Waals surface area contributed by atoms with Crippen molar-refractivity contribution in [3.05, 3.63) is 27.7 Å². The molecule has 0 atom stereocenters. The Morgan fingerprint density at radius 1 is 1.33 bits per heavy atom. The number of benzene rings is 1. The van der Waals surface area contributed by atoms with Gasteiger partial charge in [0.25, 0.3) is 0 Å². The van der Waals surface area contributed by atoms with E-state index < -0.39 is 0 Å². The second kappa shape index (κ2) is 4.73. The van der Waals surface area contributed by atoms with Gasteiger partial charge in [0.1, 0.15) is 0 Å². The standard InChI is InChI=1S/C11H14BrClN2/c12-10-7-9(1-2-11(10)13)15-5-3-8(14)4-6-15/h1-2,7-8H,3-6,14H2. The molecule has 4 heteroatoms. The summed E-state index contributed by atoms with van der Waals surface area (Å²) in [5.74, 6) is 0. The van der Waals surface area contributed by atoms with Crippen molar-refractivity contribution in [3.63, 3.8) is 0 Å². The first kappa shape index (κ1) is 11.2. The van der Waals surface area contributed by atoms with Crippen LogP contribution in [0.15, 0.2) is 22.7 Å². The van der Waals surface area contributed by atoms with Crippen molar-refractivity contribution in [3.8, 4) is 0 Å². The molecule has 1 fully saturated rings.